The number of halogens is 2. The molecule has 1 aromatic heterocycles. The van der Waals surface area contributed by atoms with E-state index in [1.807, 2.05) is 24.3 Å². The fraction of sp³-hybridized carbons (Fsp3) is 0.0800. The van der Waals surface area contributed by atoms with E-state index in [9.17, 15) is 18.0 Å². The number of esters is 1. The van der Waals surface area contributed by atoms with E-state index in [-0.39, 0.29) is 21.3 Å². The molecular formula is C25H19Cl2N3O6S2. The molecule has 2 N–H and O–H groups in total. The first-order valence-corrected chi connectivity index (χ1v) is 13.9. The Bertz CT molecular complexity index is 1640. The summed E-state index contributed by atoms with van der Waals surface area (Å²) in [5.74, 6) is -0.883. The number of hydrogen-bond acceptors (Lipinski definition) is 8. The number of thiophene rings is 1. The number of ether oxygens (including phenoxy) is 2. The molecule has 0 aliphatic carbocycles. The Balaban J connectivity index is 1.36. The fourth-order valence-electron chi connectivity index (χ4n) is 3.22. The Labute approximate surface area is 232 Å². The maximum absolute atomic E-state index is 12.8. The summed E-state index contributed by atoms with van der Waals surface area (Å²) >= 11 is 13.4. The molecule has 0 saturated carbocycles. The zero-order valence-electron chi connectivity index (χ0n) is 19.6. The molecule has 0 radical (unpaired) electrons. The molecule has 196 valence electrons. The van der Waals surface area contributed by atoms with Crippen molar-refractivity contribution in [2.24, 2.45) is 5.10 Å². The standard InChI is InChI=1S/C25H19Cl2N3O6S2/c1-35-20-12-15(13-28-30-22(31)14-29-38(33,34)17-9-7-16(26)8-10-17)6-11-19(20)36-25(32)24-23(27)18-4-2-3-5-21(18)37-24/h2-13,29H,14H2,1H3,(H,30,31). The van der Waals surface area contributed by atoms with Crippen LogP contribution < -0.4 is 19.6 Å². The predicted octanol–water partition coefficient (Wildman–Crippen LogP) is 4.86. The van der Waals surface area contributed by atoms with Crippen molar-refractivity contribution in [3.05, 3.63) is 87.2 Å². The van der Waals surface area contributed by atoms with Crippen molar-refractivity contribution in [3.63, 3.8) is 0 Å². The van der Waals surface area contributed by atoms with Crippen LogP contribution in [0.15, 0.2) is 76.7 Å². The van der Waals surface area contributed by atoms with Gasteiger partial charge in [0.1, 0.15) is 4.88 Å². The van der Waals surface area contributed by atoms with Gasteiger partial charge in [0.25, 0.3) is 5.91 Å². The molecule has 0 unspecified atom stereocenters. The lowest BCUT2D eigenvalue weighted by Crippen LogP contribution is -2.34. The first-order chi connectivity index (χ1) is 18.2. The van der Waals surface area contributed by atoms with E-state index in [4.69, 9.17) is 32.7 Å². The van der Waals surface area contributed by atoms with Crippen LogP contribution in [0, 0.1) is 0 Å². The number of nitrogens with one attached hydrogen (secondary N) is 2. The Morgan fingerprint density at radius 2 is 1.76 bits per heavy atom. The number of benzene rings is 3. The quantitative estimate of drug-likeness (QED) is 0.124. The Kier molecular flexibility index (Phi) is 8.65. The number of carbonyl (C=O) groups excluding carboxylic acids is 2. The number of hydrogen-bond donors (Lipinski definition) is 2. The highest BCUT2D eigenvalue weighted by Crippen LogP contribution is 2.37. The summed E-state index contributed by atoms with van der Waals surface area (Å²) in [6, 6.07) is 17.6. The van der Waals surface area contributed by atoms with Gasteiger partial charge in [-0.15, -0.1) is 11.3 Å². The zero-order valence-corrected chi connectivity index (χ0v) is 22.7. The first kappa shape index (κ1) is 27.6. The van der Waals surface area contributed by atoms with E-state index >= 15 is 0 Å². The summed E-state index contributed by atoms with van der Waals surface area (Å²) in [5.41, 5.74) is 2.75. The molecule has 0 fully saturated rings. The predicted molar refractivity (Wildman–Crippen MR) is 147 cm³/mol. The average Bonchev–Trinajstić information content (AvgIpc) is 3.25. The summed E-state index contributed by atoms with van der Waals surface area (Å²) in [6.45, 7) is -0.527. The maximum atomic E-state index is 12.8. The molecule has 0 aliphatic rings. The SMILES string of the molecule is COc1cc(C=NNC(=O)CNS(=O)(=O)c2ccc(Cl)cc2)ccc1OC(=O)c1sc2ccccc2c1Cl. The molecular weight excluding hydrogens is 573 g/mol. The van der Waals surface area contributed by atoms with Crippen LogP contribution >= 0.6 is 34.5 Å². The number of sulfonamides is 1. The number of hydrazone groups is 1. The van der Waals surface area contributed by atoms with Gasteiger partial charge in [-0.2, -0.15) is 5.10 Å². The third-order valence-corrected chi connectivity index (χ3v) is 8.38. The lowest BCUT2D eigenvalue weighted by atomic mass is 10.2. The third-order valence-electron chi connectivity index (χ3n) is 5.06. The van der Waals surface area contributed by atoms with Crippen LogP contribution in [0.2, 0.25) is 10.0 Å². The van der Waals surface area contributed by atoms with Crippen molar-refractivity contribution in [1.82, 2.24) is 10.1 Å². The summed E-state index contributed by atoms with van der Waals surface area (Å²) in [6.07, 6.45) is 1.32. The van der Waals surface area contributed by atoms with E-state index in [1.54, 1.807) is 12.1 Å². The van der Waals surface area contributed by atoms with Crippen molar-refractivity contribution in [3.8, 4) is 11.5 Å². The summed E-state index contributed by atoms with van der Waals surface area (Å²) in [7, 11) is -2.48. The van der Waals surface area contributed by atoms with Crippen molar-refractivity contribution < 1.29 is 27.5 Å². The van der Waals surface area contributed by atoms with Gasteiger partial charge in [-0.25, -0.2) is 23.4 Å². The van der Waals surface area contributed by atoms with Gasteiger partial charge in [-0.1, -0.05) is 41.4 Å². The minimum absolute atomic E-state index is 0.0271. The topological polar surface area (TPSA) is 123 Å². The van der Waals surface area contributed by atoms with Crippen LogP contribution in [0.3, 0.4) is 0 Å². The number of amides is 1. The number of nitrogens with zero attached hydrogens (tertiary/aromatic N) is 1. The Hall–Kier alpha value is -3.48. The molecule has 0 saturated heterocycles. The first-order valence-electron chi connectivity index (χ1n) is 10.8. The van der Waals surface area contributed by atoms with Crippen LogP contribution in [-0.2, 0) is 14.8 Å². The minimum atomic E-state index is -3.89. The molecule has 1 heterocycles. The number of rotatable bonds is 9. The Morgan fingerprint density at radius 3 is 2.47 bits per heavy atom. The second kappa shape index (κ2) is 11.9. The summed E-state index contributed by atoms with van der Waals surface area (Å²) in [5, 5.41) is 5.30. The fourth-order valence-corrected chi connectivity index (χ4v) is 5.71. The van der Waals surface area contributed by atoms with Gasteiger partial charge in [-0.3, -0.25) is 4.79 Å². The highest BCUT2D eigenvalue weighted by Gasteiger charge is 2.20. The molecule has 38 heavy (non-hydrogen) atoms. The van der Waals surface area contributed by atoms with Gasteiger partial charge in [0.15, 0.2) is 11.5 Å². The molecule has 3 aromatic carbocycles. The van der Waals surface area contributed by atoms with Crippen LogP contribution in [0.4, 0.5) is 0 Å². The van der Waals surface area contributed by atoms with Gasteiger partial charge in [0.05, 0.1) is 29.8 Å². The van der Waals surface area contributed by atoms with Crippen LogP contribution in [0.1, 0.15) is 15.2 Å². The number of methoxy groups -OCH3 is 1. The highest BCUT2D eigenvalue weighted by atomic mass is 35.5. The summed E-state index contributed by atoms with van der Waals surface area (Å²) in [4.78, 5) is 25.0. The second-order valence-corrected chi connectivity index (χ2v) is 11.2. The number of carbonyl (C=O) groups is 2. The minimum Gasteiger partial charge on any atom is -0.493 e. The van der Waals surface area contributed by atoms with Crippen molar-refractivity contribution in [2.75, 3.05) is 13.7 Å². The van der Waals surface area contributed by atoms with E-state index < -0.39 is 28.4 Å². The van der Waals surface area contributed by atoms with E-state index in [2.05, 4.69) is 15.2 Å². The van der Waals surface area contributed by atoms with Crippen LogP contribution in [0.5, 0.6) is 11.5 Å². The lowest BCUT2D eigenvalue weighted by molar-refractivity contribution is -0.119. The van der Waals surface area contributed by atoms with Crippen molar-refractivity contribution in [1.29, 1.82) is 0 Å². The lowest BCUT2D eigenvalue weighted by Gasteiger charge is -2.09. The molecule has 1 amide bonds. The highest BCUT2D eigenvalue weighted by molar-refractivity contribution is 7.89. The van der Waals surface area contributed by atoms with Crippen molar-refractivity contribution >= 4 is 72.7 Å². The van der Waals surface area contributed by atoms with Gasteiger partial charge < -0.3 is 9.47 Å². The molecule has 9 nitrogen and oxygen atoms in total. The van der Waals surface area contributed by atoms with Crippen molar-refractivity contribution in [2.45, 2.75) is 4.90 Å². The third kappa shape index (κ3) is 6.50. The summed E-state index contributed by atoms with van der Waals surface area (Å²) < 4.78 is 38.4. The van der Waals surface area contributed by atoms with Gasteiger partial charge in [-0.05, 0) is 54.1 Å². The van der Waals surface area contributed by atoms with Crippen LogP contribution in [0.25, 0.3) is 10.1 Å². The molecule has 4 rings (SSSR count). The van der Waals surface area contributed by atoms with E-state index in [0.29, 0.717) is 15.6 Å². The molecule has 0 aliphatic heterocycles. The smallest absolute Gasteiger partial charge is 0.355 e. The molecule has 0 spiro atoms. The Morgan fingerprint density at radius 1 is 1.03 bits per heavy atom. The monoisotopic (exact) mass is 591 g/mol. The molecule has 4 aromatic rings. The molecule has 0 atom stereocenters. The van der Waals surface area contributed by atoms with E-state index in [1.165, 1.54) is 55.0 Å². The van der Waals surface area contributed by atoms with Crippen LogP contribution in [-0.4, -0.2) is 40.2 Å². The van der Waals surface area contributed by atoms with Gasteiger partial charge in [0.2, 0.25) is 10.0 Å². The average molecular weight is 592 g/mol. The molecule has 0 bridgehead atoms. The molecule has 13 heteroatoms. The zero-order chi connectivity index (χ0) is 27.3. The van der Waals surface area contributed by atoms with Gasteiger partial charge in [0, 0.05) is 15.1 Å². The number of fused-ring (bicyclic) bond motifs is 1. The largest absolute Gasteiger partial charge is 0.493 e. The van der Waals surface area contributed by atoms with Gasteiger partial charge >= 0.3 is 5.97 Å². The maximum Gasteiger partial charge on any atom is 0.355 e. The van der Waals surface area contributed by atoms with E-state index in [0.717, 1.165) is 10.1 Å². The normalized spacial score (nSPS) is 11.6. The second-order valence-electron chi connectivity index (χ2n) is 7.61.